The van der Waals surface area contributed by atoms with Gasteiger partial charge in [-0.25, -0.2) is 0 Å². The van der Waals surface area contributed by atoms with E-state index >= 15 is 0 Å². The summed E-state index contributed by atoms with van der Waals surface area (Å²) in [6.07, 6.45) is 3.91. The lowest BCUT2D eigenvalue weighted by Gasteiger charge is -2.41. The van der Waals surface area contributed by atoms with Gasteiger partial charge in [-0.05, 0) is 31.2 Å². The summed E-state index contributed by atoms with van der Waals surface area (Å²) in [7, 11) is 0. The van der Waals surface area contributed by atoms with Crippen LogP contribution in [-0.4, -0.2) is 74.5 Å². The van der Waals surface area contributed by atoms with Crippen LogP contribution >= 0.6 is 11.8 Å². The molecule has 1 N–H and O–H groups in total. The predicted octanol–water partition coefficient (Wildman–Crippen LogP) is 3.26. The third-order valence-corrected chi connectivity index (χ3v) is 10.2. The lowest BCUT2D eigenvalue weighted by Crippen LogP contribution is -2.58. The standard InChI is InChI=1S/C28H38N2O5S/c1-5-15-29(16-19-11-9-8-10-12-19)26(33)24-28-14-13-21(36-28)22(27(34)35-7-3)23(28)25(32)30(24)20(17-31)18(4)6-2/h5,8-12,18,20-24,31H,1,6-7,13-17H2,2-4H3/t18-,20-,21+,22-,23-,24?,28?/m0/s1. The Balaban J connectivity index is 1.78. The highest BCUT2D eigenvalue weighted by atomic mass is 32.2. The summed E-state index contributed by atoms with van der Waals surface area (Å²) in [5.41, 5.74) is 0.992. The lowest BCUT2D eigenvalue weighted by molar-refractivity contribution is -0.154. The van der Waals surface area contributed by atoms with Crippen molar-refractivity contribution < 1.29 is 24.2 Å². The summed E-state index contributed by atoms with van der Waals surface area (Å²) >= 11 is 1.63. The minimum Gasteiger partial charge on any atom is -0.466 e. The van der Waals surface area contributed by atoms with E-state index in [1.807, 2.05) is 44.2 Å². The lowest BCUT2D eigenvalue weighted by atomic mass is 9.71. The second kappa shape index (κ2) is 11.0. The van der Waals surface area contributed by atoms with Crippen LogP contribution in [0.1, 0.15) is 45.6 Å². The van der Waals surface area contributed by atoms with E-state index in [9.17, 15) is 19.5 Å². The Bertz CT molecular complexity index is 987. The van der Waals surface area contributed by atoms with Gasteiger partial charge in [-0.3, -0.25) is 14.4 Å². The van der Waals surface area contributed by atoms with E-state index in [2.05, 4.69) is 6.58 Å². The Morgan fingerprint density at radius 3 is 2.67 bits per heavy atom. The van der Waals surface area contributed by atoms with Crippen LogP contribution in [0.4, 0.5) is 0 Å². The molecule has 8 heteroatoms. The number of ether oxygens (including phenoxy) is 1. The van der Waals surface area contributed by atoms with Crippen molar-refractivity contribution in [3.63, 3.8) is 0 Å². The van der Waals surface area contributed by atoms with Gasteiger partial charge in [-0.2, -0.15) is 0 Å². The molecule has 1 aromatic carbocycles. The Hall–Kier alpha value is -2.32. The van der Waals surface area contributed by atoms with Crippen molar-refractivity contribution in [1.29, 1.82) is 0 Å². The fourth-order valence-electron chi connectivity index (χ4n) is 6.41. The molecule has 3 aliphatic heterocycles. The first-order valence-electron chi connectivity index (χ1n) is 13.1. The zero-order chi connectivity index (χ0) is 26.0. The third-order valence-electron chi connectivity index (χ3n) is 8.25. The van der Waals surface area contributed by atoms with Gasteiger partial charge in [0.1, 0.15) is 6.04 Å². The summed E-state index contributed by atoms with van der Waals surface area (Å²) in [4.78, 5) is 45.0. The van der Waals surface area contributed by atoms with Gasteiger partial charge in [0.15, 0.2) is 0 Å². The molecule has 0 aliphatic carbocycles. The first-order chi connectivity index (χ1) is 17.3. The monoisotopic (exact) mass is 514 g/mol. The van der Waals surface area contributed by atoms with Crippen molar-refractivity contribution in [2.24, 2.45) is 17.8 Å². The molecule has 2 unspecified atom stereocenters. The summed E-state index contributed by atoms with van der Waals surface area (Å²) in [6, 6.07) is 8.52. The number of carbonyl (C=O) groups excluding carboxylic acids is 3. The fraction of sp³-hybridized carbons (Fsp3) is 0.607. The van der Waals surface area contributed by atoms with E-state index < -0.39 is 28.7 Å². The zero-order valence-corrected chi connectivity index (χ0v) is 22.3. The second-order valence-electron chi connectivity index (χ2n) is 10.2. The van der Waals surface area contributed by atoms with Gasteiger partial charge in [-0.15, -0.1) is 18.3 Å². The molecular formula is C28H38N2O5S. The number of hydrogen-bond acceptors (Lipinski definition) is 6. The highest BCUT2D eigenvalue weighted by Gasteiger charge is 2.75. The molecule has 7 nitrogen and oxygen atoms in total. The Morgan fingerprint density at radius 2 is 2.06 bits per heavy atom. The smallest absolute Gasteiger partial charge is 0.310 e. The van der Waals surface area contributed by atoms with E-state index in [-0.39, 0.29) is 42.2 Å². The number of aliphatic hydroxyl groups is 1. The van der Waals surface area contributed by atoms with Crippen LogP contribution in [0.3, 0.4) is 0 Å². The van der Waals surface area contributed by atoms with E-state index in [4.69, 9.17) is 4.74 Å². The van der Waals surface area contributed by atoms with Gasteiger partial charge in [-0.1, -0.05) is 56.7 Å². The predicted molar refractivity (Wildman–Crippen MR) is 140 cm³/mol. The van der Waals surface area contributed by atoms with Crippen molar-refractivity contribution in [3.05, 3.63) is 48.6 Å². The van der Waals surface area contributed by atoms with Crippen LogP contribution in [0.5, 0.6) is 0 Å². The van der Waals surface area contributed by atoms with Crippen molar-refractivity contribution in [2.45, 2.75) is 68.7 Å². The molecule has 0 aromatic heterocycles. The van der Waals surface area contributed by atoms with Gasteiger partial charge in [0.05, 0.1) is 35.8 Å². The van der Waals surface area contributed by atoms with Crippen LogP contribution < -0.4 is 0 Å². The van der Waals surface area contributed by atoms with Gasteiger partial charge >= 0.3 is 5.97 Å². The normalized spacial score (nSPS) is 30.1. The third kappa shape index (κ3) is 4.36. The summed E-state index contributed by atoms with van der Waals surface area (Å²) in [6.45, 7) is 10.4. The van der Waals surface area contributed by atoms with Gasteiger partial charge in [0, 0.05) is 18.3 Å². The molecule has 3 fully saturated rings. The second-order valence-corrected chi connectivity index (χ2v) is 11.8. The molecule has 2 amide bonds. The Labute approximate surface area is 218 Å². The summed E-state index contributed by atoms with van der Waals surface area (Å²) in [5, 5.41) is 10.4. The molecule has 3 aliphatic rings. The van der Waals surface area contributed by atoms with Crippen LogP contribution in [0.15, 0.2) is 43.0 Å². The van der Waals surface area contributed by atoms with E-state index in [1.54, 1.807) is 34.6 Å². The van der Waals surface area contributed by atoms with E-state index in [1.165, 1.54) is 0 Å². The Morgan fingerprint density at radius 1 is 1.33 bits per heavy atom. The maximum Gasteiger partial charge on any atom is 0.310 e. The van der Waals surface area contributed by atoms with Crippen molar-refractivity contribution in [1.82, 2.24) is 9.80 Å². The number of nitrogens with zero attached hydrogens (tertiary/aromatic N) is 2. The van der Waals surface area contributed by atoms with E-state index in [0.29, 0.717) is 19.5 Å². The molecule has 0 saturated carbocycles. The minimum absolute atomic E-state index is 0.00491. The van der Waals surface area contributed by atoms with Crippen molar-refractivity contribution >= 4 is 29.5 Å². The molecular weight excluding hydrogens is 476 g/mol. The number of carbonyl (C=O) groups is 3. The van der Waals surface area contributed by atoms with Crippen molar-refractivity contribution in [2.75, 3.05) is 19.8 Å². The quantitative estimate of drug-likeness (QED) is 0.360. The highest BCUT2D eigenvalue weighted by molar-refractivity contribution is 8.02. The minimum atomic E-state index is -0.751. The molecule has 2 bridgehead atoms. The number of likely N-dealkylation sites (tertiary alicyclic amines) is 1. The number of thioether (sulfide) groups is 1. The molecule has 1 spiro atoms. The molecule has 3 saturated heterocycles. The van der Waals surface area contributed by atoms with Crippen LogP contribution in [-0.2, 0) is 25.7 Å². The molecule has 1 aromatic rings. The first-order valence-corrected chi connectivity index (χ1v) is 13.9. The van der Waals surface area contributed by atoms with Crippen LogP contribution in [0.25, 0.3) is 0 Å². The SMILES string of the molecule is C=CCN(Cc1ccccc1)C(=O)C1N([C@@H](CO)[C@@H](C)CC)C(=O)[C@@H]2[C@@H](C(=O)OCC)[C@H]3CCC12S3. The number of esters is 1. The topological polar surface area (TPSA) is 87.2 Å². The highest BCUT2D eigenvalue weighted by Crippen LogP contribution is 2.67. The van der Waals surface area contributed by atoms with Crippen molar-refractivity contribution in [3.8, 4) is 0 Å². The van der Waals surface area contributed by atoms with Gasteiger partial charge in [0.2, 0.25) is 11.8 Å². The molecule has 0 radical (unpaired) electrons. The molecule has 36 heavy (non-hydrogen) atoms. The number of hydrogen-bond donors (Lipinski definition) is 1. The number of aliphatic hydroxyl groups excluding tert-OH is 1. The number of fused-ring (bicyclic) bond motifs is 1. The summed E-state index contributed by atoms with van der Waals surface area (Å²) in [5.74, 6) is -1.87. The maximum absolute atomic E-state index is 14.4. The zero-order valence-electron chi connectivity index (χ0n) is 21.5. The van der Waals surface area contributed by atoms with E-state index in [0.717, 1.165) is 18.4 Å². The average Bonchev–Trinajstić information content (AvgIpc) is 3.52. The number of rotatable bonds is 11. The van der Waals surface area contributed by atoms with Crippen LogP contribution in [0.2, 0.25) is 0 Å². The van der Waals surface area contributed by atoms with Gasteiger partial charge < -0.3 is 19.6 Å². The maximum atomic E-state index is 14.4. The van der Waals surface area contributed by atoms with Gasteiger partial charge in [0.25, 0.3) is 0 Å². The molecule has 196 valence electrons. The average molecular weight is 515 g/mol. The molecule has 7 atom stereocenters. The first kappa shape index (κ1) is 26.7. The Kier molecular flexibility index (Phi) is 8.15. The molecule has 4 rings (SSSR count). The molecule has 3 heterocycles. The summed E-state index contributed by atoms with van der Waals surface area (Å²) < 4.78 is 4.70. The number of amides is 2. The fourth-order valence-corrected chi connectivity index (χ4v) is 8.60. The number of benzene rings is 1. The van der Waals surface area contributed by atoms with Crippen LogP contribution in [0, 0.1) is 17.8 Å². The largest absolute Gasteiger partial charge is 0.466 e.